The van der Waals surface area contributed by atoms with E-state index in [0.29, 0.717) is 12.1 Å². The van der Waals surface area contributed by atoms with Gasteiger partial charge in [-0.15, -0.1) is 0 Å². The Bertz CT molecular complexity index is 459. The molecule has 2 aromatic rings. The third kappa shape index (κ3) is 2.50. The molecule has 0 bridgehead atoms. The molecule has 15 heavy (non-hydrogen) atoms. The van der Waals surface area contributed by atoms with Crippen LogP contribution in [0.25, 0.3) is 0 Å². The second-order valence-corrected chi connectivity index (χ2v) is 3.43. The van der Waals surface area contributed by atoms with Crippen molar-refractivity contribution in [3.05, 3.63) is 58.9 Å². The lowest BCUT2D eigenvalue weighted by atomic mass is 10.1. The zero-order valence-corrected chi connectivity index (χ0v) is 8.58. The van der Waals surface area contributed by atoms with Gasteiger partial charge < -0.3 is 0 Å². The smallest absolute Gasteiger partial charge is 0.222 e. The Morgan fingerprint density at radius 3 is 2.67 bits per heavy atom. The molecule has 0 atom stereocenters. The number of benzene rings is 1. The number of hydrogen-bond acceptors (Lipinski definition) is 2. The van der Waals surface area contributed by atoms with Gasteiger partial charge >= 0.3 is 0 Å². The first kappa shape index (κ1) is 10.1. The maximum atomic E-state index is 13.3. The molecule has 0 amide bonds. The van der Waals surface area contributed by atoms with Crippen LogP contribution in [0.2, 0.25) is 5.28 Å². The molecule has 2 nitrogen and oxygen atoms in total. The predicted octanol–water partition coefficient (Wildman–Crippen LogP) is 2.86. The summed E-state index contributed by atoms with van der Waals surface area (Å²) < 4.78 is 13.3. The quantitative estimate of drug-likeness (QED) is 0.731. The third-order valence-electron chi connectivity index (χ3n) is 2.00. The summed E-state index contributed by atoms with van der Waals surface area (Å²) >= 11 is 5.59. The Hall–Kier alpha value is -1.48. The van der Waals surface area contributed by atoms with Crippen LogP contribution in [0, 0.1) is 5.82 Å². The standard InChI is InChI=1S/C11H8ClFN2/c12-11-14-7-9(13)10(15-11)6-8-4-2-1-3-5-8/h1-5,7H,6H2. The maximum Gasteiger partial charge on any atom is 0.222 e. The van der Waals surface area contributed by atoms with Crippen molar-refractivity contribution in [2.24, 2.45) is 0 Å². The Morgan fingerprint density at radius 1 is 1.20 bits per heavy atom. The zero-order chi connectivity index (χ0) is 10.7. The lowest BCUT2D eigenvalue weighted by Gasteiger charge is -2.02. The van der Waals surface area contributed by atoms with Crippen LogP contribution in [0.15, 0.2) is 36.5 Å². The molecular weight excluding hydrogens is 215 g/mol. The van der Waals surface area contributed by atoms with E-state index in [-0.39, 0.29) is 5.28 Å². The van der Waals surface area contributed by atoms with E-state index in [9.17, 15) is 4.39 Å². The lowest BCUT2D eigenvalue weighted by molar-refractivity contribution is 0.595. The van der Waals surface area contributed by atoms with Crippen LogP contribution in [0.4, 0.5) is 4.39 Å². The summed E-state index contributed by atoms with van der Waals surface area (Å²) in [4.78, 5) is 7.41. The molecule has 0 fully saturated rings. The highest BCUT2D eigenvalue weighted by Crippen LogP contribution is 2.12. The molecule has 76 valence electrons. The van der Waals surface area contributed by atoms with Gasteiger partial charge in [-0.2, -0.15) is 0 Å². The number of rotatable bonds is 2. The van der Waals surface area contributed by atoms with Crippen molar-refractivity contribution in [3.63, 3.8) is 0 Å². The topological polar surface area (TPSA) is 25.8 Å². The van der Waals surface area contributed by atoms with Gasteiger partial charge in [-0.25, -0.2) is 14.4 Å². The van der Waals surface area contributed by atoms with E-state index >= 15 is 0 Å². The van der Waals surface area contributed by atoms with Crippen molar-refractivity contribution < 1.29 is 4.39 Å². The summed E-state index contributed by atoms with van der Waals surface area (Å²) in [5, 5.41) is 0.0716. The Morgan fingerprint density at radius 2 is 1.93 bits per heavy atom. The molecule has 0 radical (unpaired) electrons. The van der Waals surface area contributed by atoms with E-state index in [1.54, 1.807) is 0 Å². The van der Waals surface area contributed by atoms with Crippen molar-refractivity contribution in [2.75, 3.05) is 0 Å². The molecule has 0 spiro atoms. The number of halogens is 2. The summed E-state index contributed by atoms with van der Waals surface area (Å²) in [5.41, 5.74) is 1.31. The molecular formula is C11H8ClFN2. The molecule has 2 rings (SSSR count). The fourth-order valence-electron chi connectivity index (χ4n) is 1.29. The molecule has 1 heterocycles. The summed E-state index contributed by atoms with van der Waals surface area (Å²) in [6.45, 7) is 0. The number of aromatic nitrogens is 2. The predicted molar refractivity (Wildman–Crippen MR) is 56.2 cm³/mol. The van der Waals surface area contributed by atoms with E-state index in [0.717, 1.165) is 11.8 Å². The highest BCUT2D eigenvalue weighted by atomic mass is 35.5. The summed E-state index contributed by atoms with van der Waals surface area (Å²) in [5.74, 6) is -0.428. The van der Waals surface area contributed by atoms with Gasteiger partial charge in [0.05, 0.1) is 11.9 Å². The number of nitrogens with zero attached hydrogens (tertiary/aromatic N) is 2. The van der Waals surface area contributed by atoms with Gasteiger partial charge in [0.25, 0.3) is 0 Å². The van der Waals surface area contributed by atoms with Gasteiger partial charge in [-0.05, 0) is 17.2 Å². The van der Waals surface area contributed by atoms with Crippen molar-refractivity contribution >= 4 is 11.6 Å². The normalized spacial score (nSPS) is 10.3. The molecule has 0 unspecified atom stereocenters. The van der Waals surface area contributed by atoms with E-state index in [1.807, 2.05) is 30.3 Å². The fourth-order valence-corrected chi connectivity index (χ4v) is 1.44. The maximum absolute atomic E-state index is 13.3. The number of hydrogen-bond donors (Lipinski definition) is 0. The highest BCUT2D eigenvalue weighted by molar-refractivity contribution is 6.28. The average Bonchev–Trinajstić information content (AvgIpc) is 2.25. The highest BCUT2D eigenvalue weighted by Gasteiger charge is 2.06. The molecule has 4 heteroatoms. The minimum absolute atomic E-state index is 0.0716. The van der Waals surface area contributed by atoms with Crippen molar-refractivity contribution in [1.82, 2.24) is 9.97 Å². The Labute approximate surface area is 91.8 Å². The molecule has 1 aromatic heterocycles. The van der Waals surface area contributed by atoms with E-state index < -0.39 is 5.82 Å². The van der Waals surface area contributed by atoms with Gasteiger partial charge in [0.2, 0.25) is 5.28 Å². The monoisotopic (exact) mass is 222 g/mol. The Kier molecular flexibility index (Phi) is 2.92. The summed E-state index contributed by atoms with van der Waals surface area (Å²) in [7, 11) is 0. The van der Waals surface area contributed by atoms with Crippen LogP contribution in [-0.4, -0.2) is 9.97 Å². The zero-order valence-electron chi connectivity index (χ0n) is 7.82. The fraction of sp³-hybridized carbons (Fsp3) is 0.0909. The first-order valence-corrected chi connectivity index (χ1v) is 4.84. The average molecular weight is 223 g/mol. The summed E-state index contributed by atoms with van der Waals surface area (Å²) in [6.07, 6.45) is 1.52. The van der Waals surface area contributed by atoms with E-state index in [1.165, 1.54) is 0 Å². The van der Waals surface area contributed by atoms with Gasteiger partial charge in [-0.1, -0.05) is 30.3 Å². The second kappa shape index (κ2) is 4.36. The van der Waals surface area contributed by atoms with Crippen LogP contribution in [0.5, 0.6) is 0 Å². The SMILES string of the molecule is Fc1cnc(Cl)nc1Cc1ccccc1. The largest absolute Gasteiger partial charge is 0.223 e. The van der Waals surface area contributed by atoms with E-state index in [4.69, 9.17) is 11.6 Å². The van der Waals surface area contributed by atoms with Crippen LogP contribution < -0.4 is 0 Å². The van der Waals surface area contributed by atoms with Gasteiger partial charge in [0.15, 0.2) is 5.82 Å². The molecule has 1 aromatic carbocycles. The second-order valence-electron chi connectivity index (χ2n) is 3.10. The first-order chi connectivity index (χ1) is 7.25. The van der Waals surface area contributed by atoms with Crippen LogP contribution >= 0.6 is 11.6 Å². The van der Waals surface area contributed by atoms with Gasteiger partial charge in [0, 0.05) is 6.42 Å². The molecule has 0 aliphatic heterocycles. The van der Waals surface area contributed by atoms with Gasteiger partial charge in [-0.3, -0.25) is 0 Å². The molecule has 0 saturated carbocycles. The lowest BCUT2D eigenvalue weighted by Crippen LogP contribution is -1.98. The molecule has 0 aliphatic rings. The van der Waals surface area contributed by atoms with Crippen molar-refractivity contribution in [1.29, 1.82) is 0 Å². The van der Waals surface area contributed by atoms with Crippen LogP contribution in [0.3, 0.4) is 0 Å². The Balaban J connectivity index is 2.28. The molecule has 0 aliphatic carbocycles. The van der Waals surface area contributed by atoms with Crippen molar-refractivity contribution in [2.45, 2.75) is 6.42 Å². The minimum Gasteiger partial charge on any atom is -0.223 e. The van der Waals surface area contributed by atoms with Crippen LogP contribution in [-0.2, 0) is 6.42 Å². The van der Waals surface area contributed by atoms with Crippen LogP contribution in [0.1, 0.15) is 11.3 Å². The first-order valence-electron chi connectivity index (χ1n) is 4.46. The summed E-state index contributed by atoms with van der Waals surface area (Å²) in [6, 6.07) is 9.53. The minimum atomic E-state index is -0.428. The van der Waals surface area contributed by atoms with E-state index in [2.05, 4.69) is 9.97 Å². The van der Waals surface area contributed by atoms with Crippen molar-refractivity contribution in [3.8, 4) is 0 Å². The molecule has 0 N–H and O–H groups in total. The third-order valence-corrected chi connectivity index (χ3v) is 2.18. The molecule has 0 saturated heterocycles. The van der Waals surface area contributed by atoms with Gasteiger partial charge in [0.1, 0.15) is 0 Å².